The molecule has 0 N–H and O–H groups in total. The van der Waals surface area contributed by atoms with Crippen molar-refractivity contribution < 1.29 is 14.3 Å². The molecule has 1 aromatic carbocycles. The minimum absolute atomic E-state index is 0.159. The van der Waals surface area contributed by atoms with Gasteiger partial charge < -0.3 is 9.47 Å². The lowest BCUT2D eigenvalue weighted by molar-refractivity contribution is -0.146. The van der Waals surface area contributed by atoms with E-state index in [4.69, 9.17) is 21.1 Å². The van der Waals surface area contributed by atoms with E-state index in [0.717, 1.165) is 30.7 Å². The molecular weight excluding hydrogens is 266 g/mol. The number of hydrogen-bond acceptors (Lipinski definition) is 4. The van der Waals surface area contributed by atoms with E-state index in [2.05, 4.69) is 4.90 Å². The number of benzene rings is 1. The van der Waals surface area contributed by atoms with Gasteiger partial charge in [0.05, 0.1) is 14.2 Å². The Morgan fingerprint density at radius 1 is 1.47 bits per heavy atom. The van der Waals surface area contributed by atoms with Gasteiger partial charge in [0.2, 0.25) is 0 Å². The Balaban J connectivity index is 2.16. The van der Waals surface area contributed by atoms with Gasteiger partial charge in [-0.1, -0.05) is 11.6 Å². The van der Waals surface area contributed by atoms with Crippen molar-refractivity contribution in [1.82, 2.24) is 4.90 Å². The van der Waals surface area contributed by atoms with Crippen LogP contribution >= 0.6 is 11.6 Å². The Kier molecular flexibility index (Phi) is 4.66. The highest BCUT2D eigenvalue weighted by molar-refractivity contribution is 6.30. The molecule has 0 amide bonds. The fourth-order valence-corrected chi connectivity index (χ4v) is 2.70. The lowest BCUT2D eigenvalue weighted by Crippen LogP contribution is -2.36. The summed E-state index contributed by atoms with van der Waals surface area (Å²) in [7, 11) is 3.06. The molecule has 0 spiro atoms. The molecule has 1 aliphatic heterocycles. The monoisotopic (exact) mass is 283 g/mol. The maximum atomic E-state index is 11.7. The van der Waals surface area contributed by atoms with Crippen LogP contribution in [0, 0.1) is 0 Å². The molecule has 1 heterocycles. The van der Waals surface area contributed by atoms with E-state index in [1.165, 1.54) is 7.11 Å². The third-order valence-corrected chi connectivity index (χ3v) is 3.69. The van der Waals surface area contributed by atoms with Gasteiger partial charge in [-0.05, 0) is 37.6 Å². The molecule has 2 rings (SSSR count). The first-order valence-electron chi connectivity index (χ1n) is 6.30. The lowest BCUT2D eigenvalue weighted by atomic mass is 10.1. The van der Waals surface area contributed by atoms with Gasteiger partial charge in [-0.2, -0.15) is 0 Å². The second-order valence-electron chi connectivity index (χ2n) is 4.61. The minimum Gasteiger partial charge on any atom is -0.496 e. The Morgan fingerprint density at radius 3 is 2.95 bits per heavy atom. The van der Waals surface area contributed by atoms with Crippen LogP contribution in [0.5, 0.6) is 5.75 Å². The molecule has 104 valence electrons. The van der Waals surface area contributed by atoms with Crippen molar-refractivity contribution in [2.45, 2.75) is 25.4 Å². The minimum atomic E-state index is -0.168. The Hall–Kier alpha value is -1.26. The first-order valence-corrected chi connectivity index (χ1v) is 6.67. The van der Waals surface area contributed by atoms with Gasteiger partial charge in [-0.25, -0.2) is 0 Å². The van der Waals surface area contributed by atoms with E-state index >= 15 is 0 Å². The van der Waals surface area contributed by atoms with E-state index in [9.17, 15) is 4.79 Å². The van der Waals surface area contributed by atoms with Crippen LogP contribution in [-0.2, 0) is 16.1 Å². The molecule has 1 aromatic rings. The largest absolute Gasteiger partial charge is 0.496 e. The molecule has 0 aliphatic carbocycles. The summed E-state index contributed by atoms with van der Waals surface area (Å²) in [5, 5.41) is 0.671. The summed E-state index contributed by atoms with van der Waals surface area (Å²) in [6, 6.07) is 5.37. The number of nitrogens with zero attached hydrogens (tertiary/aromatic N) is 1. The van der Waals surface area contributed by atoms with Gasteiger partial charge in [-0.15, -0.1) is 0 Å². The zero-order valence-corrected chi connectivity index (χ0v) is 11.9. The molecule has 1 atom stereocenters. The SMILES string of the molecule is COC(=O)C1CCCN1Cc1cc(Cl)ccc1OC. The number of methoxy groups -OCH3 is 2. The van der Waals surface area contributed by atoms with Crippen LogP contribution in [0.15, 0.2) is 18.2 Å². The fourth-order valence-electron chi connectivity index (χ4n) is 2.51. The average Bonchev–Trinajstić information content (AvgIpc) is 2.86. The molecule has 0 saturated carbocycles. The predicted octanol–water partition coefficient (Wildman–Crippen LogP) is 2.49. The molecule has 1 unspecified atom stereocenters. The van der Waals surface area contributed by atoms with Crippen LogP contribution in [0.2, 0.25) is 5.02 Å². The standard InChI is InChI=1S/C14H18ClNO3/c1-18-13-6-5-11(15)8-10(13)9-16-7-3-4-12(16)14(17)19-2/h5-6,8,12H,3-4,7,9H2,1-2H3. The van der Waals surface area contributed by atoms with E-state index in [1.807, 2.05) is 12.1 Å². The number of esters is 1. The zero-order chi connectivity index (χ0) is 13.8. The zero-order valence-electron chi connectivity index (χ0n) is 11.2. The quantitative estimate of drug-likeness (QED) is 0.796. The van der Waals surface area contributed by atoms with Gasteiger partial charge in [0.1, 0.15) is 11.8 Å². The number of likely N-dealkylation sites (tertiary alicyclic amines) is 1. The Labute approximate surface area is 118 Å². The van der Waals surface area contributed by atoms with Gasteiger partial charge in [0, 0.05) is 17.1 Å². The van der Waals surface area contributed by atoms with Crippen molar-refractivity contribution in [3.63, 3.8) is 0 Å². The van der Waals surface area contributed by atoms with Crippen molar-refractivity contribution in [1.29, 1.82) is 0 Å². The smallest absolute Gasteiger partial charge is 0.323 e. The number of rotatable bonds is 4. The second-order valence-corrected chi connectivity index (χ2v) is 5.04. The Bertz CT molecular complexity index is 464. The molecule has 0 aromatic heterocycles. The van der Waals surface area contributed by atoms with E-state index in [-0.39, 0.29) is 12.0 Å². The summed E-state index contributed by atoms with van der Waals surface area (Å²) < 4.78 is 10.2. The van der Waals surface area contributed by atoms with Gasteiger partial charge in [0.25, 0.3) is 0 Å². The van der Waals surface area contributed by atoms with Crippen LogP contribution in [0.25, 0.3) is 0 Å². The number of carbonyl (C=O) groups excluding carboxylic acids is 1. The molecule has 1 saturated heterocycles. The van der Waals surface area contributed by atoms with Crippen LogP contribution in [-0.4, -0.2) is 37.7 Å². The molecule has 5 heteroatoms. The fraction of sp³-hybridized carbons (Fsp3) is 0.500. The molecule has 1 fully saturated rings. The molecular formula is C14H18ClNO3. The summed E-state index contributed by atoms with van der Waals surface area (Å²) in [4.78, 5) is 13.8. The van der Waals surface area contributed by atoms with E-state index in [1.54, 1.807) is 13.2 Å². The summed E-state index contributed by atoms with van der Waals surface area (Å²) in [6.07, 6.45) is 1.85. The number of halogens is 1. The molecule has 0 radical (unpaired) electrons. The highest BCUT2D eigenvalue weighted by atomic mass is 35.5. The van der Waals surface area contributed by atoms with Crippen molar-refractivity contribution in [2.75, 3.05) is 20.8 Å². The highest BCUT2D eigenvalue weighted by Gasteiger charge is 2.31. The van der Waals surface area contributed by atoms with Gasteiger partial charge in [-0.3, -0.25) is 9.69 Å². The second kappa shape index (κ2) is 6.26. The summed E-state index contributed by atoms with van der Waals surface area (Å²) in [5.74, 6) is 0.624. The van der Waals surface area contributed by atoms with Crippen molar-refractivity contribution in [3.05, 3.63) is 28.8 Å². The average molecular weight is 284 g/mol. The van der Waals surface area contributed by atoms with Crippen LogP contribution in [0.4, 0.5) is 0 Å². The van der Waals surface area contributed by atoms with Crippen LogP contribution in [0.1, 0.15) is 18.4 Å². The number of hydrogen-bond donors (Lipinski definition) is 0. The van der Waals surface area contributed by atoms with Crippen molar-refractivity contribution >= 4 is 17.6 Å². The first-order chi connectivity index (χ1) is 9.15. The van der Waals surface area contributed by atoms with Crippen LogP contribution in [0.3, 0.4) is 0 Å². The third-order valence-electron chi connectivity index (χ3n) is 3.45. The predicted molar refractivity (Wildman–Crippen MR) is 73.5 cm³/mol. The summed E-state index contributed by atoms with van der Waals surface area (Å²) in [6.45, 7) is 1.53. The summed E-state index contributed by atoms with van der Waals surface area (Å²) in [5.41, 5.74) is 0.991. The normalized spacial score (nSPS) is 19.4. The third kappa shape index (κ3) is 3.19. The number of carbonyl (C=O) groups is 1. The van der Waals surface area contributed by atoms with E-state index < -0.39 is 0 Å². The van der Waals surface area contributed by atoms with Crippen LogP contribution < -0.4 is 4.74 Å². The molecule has 19 heavy (non-hydrogen) atoms. The molecule has 1 aliphatic rings. The first kappa shape index (κ1) is 14.2. The maximum absolute atomic E-state index is 11.7. The van der Waals surface area contributed by atoms with Crippen molar-refractivity contribution in [3.8, 4) is 5.75 Å². The summed E-state index contributed by atoms with van der Waals surface area (Å²) >= 11 is 6.02. The van der Waals surface area contributed by atoms with E-state index in [0.29, 0.717) is 11.6 Å². The Morgan fingerprint density at radius 2 is 2.26 bits per heavy atom. The maximum Gasteiger partial charge on any atom is 0.323 e. The molecule has 4 nitrogen and oxygen atoms in total. The number of ether oxygens (including phenoxy) is 2. The topological polar surface area (TPSA) is 38.8 Å². The molecule has 0 bridgehead atoms. The van der Waals surface area contributed by atoms with Gasteiger partial charge in [0.15, 0.2) is 0 Å². The highest BCUT2D eigenvalue weighted by Crippen LogP contribution is 2.27. The van der Waals surface area contributed by atoms with Crippen molar-refractivity contribution in [2.24, 2.45) is 0 Å². The lowest BCUT2D eigenvalue weighted by Gasteiger charge is -2.23. The van der Waals surface area contributed by atoms with Gasteiger partial charge >= 0.3 is 5.97 Å².